The Bertz CT molecular complexity index is 1000. The van der Waals surface area contributed by atoms with Gasteiger partial charge in [-0.1, -0.05) is 24.6 Å². The lowest BCUT2D eigenvalue weighted by Gasteiger charge is -2.18. The number of aliphatic carboxylic acids is 1. The summed E-state index contributed by atoms with van der Waals surface area (Å²) >= 11 is 6.15. The topological polar surface area (TPSA) is 80.7 Å². The number of carboxylic acid groups (broad SMARTS) is 1. The summed E-state index contributed by atoms with van der Waals surface area (Å²) < 4.78 is 68.6. The van der Waals surface area contributed by atoms with Crippen LogP contribution in [0.3, 0.4) is 0 Å². The van der Waals surface area contributed by atoms with Crippen molar-refractivity contribution in [1.82, 2.24) is 0 Å². The summed E-state index contributed by atoms with van der Waals surface area (Å²) in [4.78, 5) is 11.0. The van der Waals surface area contributed by atoms with Crippen molar-refractivity contribution < 1.29 is 36.2 Å². The van der Waals surface area contributed by atoms with Gasteiger partial charge in [-0.15, -0.1) is 0 Å². The molecule has 1 atom stereocenters. The standard InChI is InChI=1S/C18H16ClF3O5S/c1-3-28(25,26)12-5-6-13(15(19)9-12)14-8-11(18(20,21)22)4-7-16(14)27-10(2)17(23)24/h4-10H,3H2,1-2H3,(H,23,24)/t10-/m0/s1. The van der Waals surface area contributed by atoms with Crippen molar-refractivity contribution in [1.29, 1.82) is 0 Å². The quantitative estimate of drug-likeness (QED) is 0.711. The number of carboxylic acids is 1. The van der Waals surface area contributed by atoms with Crippen LogP contribution in [0.5, 0.6) is 5.75 Å². The van der Waals surface area contributed by atoms with Gasteiger partial charge in [0.2, 0.25) is 0 Å². The normalized spacial score (nSPS) is 13.2. The first kappa shape index (κ1) is 22.0. The van der Waals surface area contributed by atoms with Gasteiger partial charge >= 0.3 is 12.1 Å². The van der Waals surface area contributed by atoms with Gasteiger partial charge in [0.05, 0.1) is 16.2 Å². The SMILES string of the molecule is CCS(=O)(=O)c1ccc(-c2cc(C(F)(F)F)ccc2O[C@@H](C)C(=O)O)c(Cl)c1. The van der Waals surface area contributed by atoms with E-state index in [2.05, 4.69) is 0 Å². The van der Waals surface area contributed by atoms with Gasteiger partial charge in [-0.05, 0) is 37.3 Å². The first-order valence-corrected chi connectivity index (χ1v) is 10.0. The molecule has 152 valence electrons. The van der Waals surface area contributed by atoms with E-state index in [9.17, 15) is 26.4 Å². The highest BCUT2D eigenvalue weighted by Crippen LogP contribution is 2.40. The molecule has 0 bridgehead atoms. The second kappa shape index (κ2) is 8.00. The Hall–Kier alpha value is -2.26. The van der Waals surface area contributed by atoms with Crippen molar-refractivity contribution in [2.45, 2.75) is 31.0 Å². The molecule has 28 heavy (non-hydrogen) atoms. The number of benzene rings is 2. The third-order valence-corrected chi connectivity index (χ3v) is 5.97. The Balaban J connectivity index is 2.65. The fourth-order valence-corrected chi connectivity index (χ4v) is 3.59. The molecule has 0 aliphatic heterocycles. The number of hydrogen-bond acceptors (Lipinski definition) is 4. The molecule has 5 nitrogen and oxygen atoms in total. The lowest BCUT2D eigenvalue weighted by atomic mass is 10.0. The van der Waals surface area contributed by atoms with E-state index in [-0.39, 0.29) is 32.5 Å². The highest BCUT2D eigenvalue weighted by Gasteiger charge is 2.32. The molecule has 10 heteroatoms. The number of carbonyl (C=O) groups is 1. The molecule has 0 spiro atoms. The predicted molar refractivity (Wildman–Crippen MR) is 97.3 cm³/mol. The molecule has 2 rings (SSSR count). The molecule has 0 fully saturated rings. The summed E-state index contributed by atoms with van der Waals surface area (Å²) in [5.41, 5.74) is -1.01. The third kappa shape index (κ3) is 4.77. The van der Waals surface area contributed by atoms with Gasteiger partial charge in [-0.2, -0.15) is 13.2 Å². The zero-order valence-electron chi connectivity index (χ0n) is 14.7. The maximum Gasteiger partial charge on any atom is 0.416 e. The van der Waals surface area contributed by atoms with Gasteiger partial charge in [0.25, 0.3) is 0 Å². The first-order valence-electron chi connectivity index (χ1n) is 8.00. The molecule has 0 radical (unpaired) electrons. The molecule has 2 aromatic rings. The van der Waals surface area contributed by atoms with Crippen LogP contribution in [0.25, 0.3) is 11.1 Å². The molecular formula is C18H16ClF3O5S. The van der Waals surface area contributed by atoms with E-state index >= 15 is 0 Å². The molecule has 0 aliphatic carbocycles. The second-order valence-electron chi connectivity index (χ2n) is 5.85. The van der Waals surface area contributed by atoms with Crippen LogP contribution in [0, 0.1) is 0 Å². The van der Waals surface area contributed by atoms with Crippen molar-refractivity contribution in [3.63, 3.8) is 0 Å². The highest BCUT2D eigenvalue weighted by atomic mass is 35.5. The zero-order chi connectivity index (χ0) is 21.3. The molecule has 0 amide bonds. The Morgan fingerprint density at radius 2 is 1.82 bits per heavy atom. The maximum absolute atomic E-state index is 13.1. The van der Waals surface area contributed by atoms with Gasteiger partial charge < -0.3 is 9.84 Å². The lowest BCUT2D eigenvalue weighted by molar-refractivity contribution is -0.144. The van der Waals surface area contributed by atoms with Gasteiger partial charge in [-0.3, -0.25) is 0 Å². The Morgan fingerprint density at radius 3 is 2.32 bits per heavy atom. The second-order valence-corrected chi connectivity index (χ2v) is 8.54. The number of ether oxygens (including phenoxy) is 1. The molecule has 1 N–H and O–H groups in total. The molecule has 0 saturated carbocycles. The van der Waals surface area contributed by atoms with E-state index in [1.165, 1.54) is 26.0 Å². The maximum atomic E-state index is 13.1. The van der Waals surface area contributed by atoms with E-state index in [1.54, 1.807) is 0 Å². The Labute approximate surface area is 164 Å². The summed E-state index contributed by atoms with van der Waals surface area (Å²) in [7, 11) is -3.56. The van der Waals surface area contributed by atoms with E-state index in [0.29, 0.717) is 0 Å². The summed E-state index contributed by atoms with van der Waals surface area (Å²) in [5.74, 6) is -1.60. The number of halogens is 4. The van der Waals surface area contributed by atoms with E-state index in [1.807, 2.05) is 0 Å². The van der Waals surface area contributed by atoms with Crippen LogP contribution >= 0.6 is 11.6 Å². The summed E-state index contributed by atoms with van der Waals surface area (Å²) in [6, 6.07) is 6.17. The number of hydrogen-bond donors (Lipinski definition) is 1. The van der Waals surface area contributed by atoms with Gasteiger partial charge in [0.15, 0.2) is 15.9 Å². The highest BCUT2D eigenvalue weighted by molar-refractivity contribution is 7.91. The largest absolute Gasteiger partial charge is 0.479 e. The first-order chi connectivity index (χ1) is 12.9. The number of rotatable bonds is 6. The Kier molecular flexibility index (Phi) is 6.30. The van der Waals surface area contributed by atoms with Crippen LogP contribution in [0.2, 0.25) is 5.02 Å². The van der Waals surface area contributed by atoms with Crippen molar-refractivity contribution in [3.8, 4) is 16.9 Å². The number of sulfone groups is 1. The minimum absolute atomic E-state index is 0.0721. The lowest BCUT2D eigenvalue weighted by Crippen LogP contribution is -2.23. The predicted octanol–water partition coefficient (Wildman–Crippen LogP) is 4.67. The van der Waals surface area contributed by atoms with Crippen LogP contribution in [-0.2, 0) is 20.8 Å². The molecule has 2 aromatic carbocycles. The molecule has 0 aliphatic rings. The van der Waals surface area contributed by atoms with Crippen LogP contribution in [-0.4, -0.2) is 31.4 Å². The smallest absolute Gasteiger partial charge is 0.416 e. The van der Waals surface area contributed by atoms with Gasteiger partial charge in [0, 0.05) is 16.1 Å². The van der Waals surface area contributed by atoms with Crippen LogP contribution in [0.4, 0.5) is 13.2 Å². The minimum Gasteiger partial charge on any atom is -0.479 e. The molecule has 0 saturated heterocycles. The zero-order valence-corrected chi connectivity index (χ0v) is 16.3. The molecule has 0 unspecified atom stereocenters. The monoisotopic (exact) mass is 436 g/mol. The molecule has 0 heterocycles. The summed E-state index contributed by atoms with van der Waals surface area (Å²) in [5, 5.41) is 8.89. The average Bonchev–Trinajstić information content (AvgIpc) is 2.61. The fraction of sp³-hybridized carbons (Fsp3) is 0.278. The minimum atomic E-state index is -4.65. The van der Waals surface area contributed by atoms with E-state index < -0.39 is 33.7 Å². The van der Waals surface area contributed by atoms with Crippen molar-refractivity contribution in [2.75, 3.05) is 5.75 Å². The Morgan fingerprint density at radius 1 is 1.18 bits per heavy atom. The molecule has 0 aromatic heterocycles. The van der Waals surface area contributed by atoms with E-state index in [0.717, 1.165) is 24.3 Å². The summed E-state index contributed by atoms with van der Waals surface area (Å²) in [6.45, 7) is 2.67. The van der Waals surface area contributed by atoms with Crippen molar-refractivity contribution in [3.05, 3.63) is 47.0 Å². The van der Waals surface area contributed by atoms with Crippen LogP contribution in [0.1, 0.15) is 19.4 Å². The third-order valence-electron chi connectivity index (χ3n) is 3.93. The van der Waals surface area contributed by atoms with Gasteiger partial charge in [0.1, 0.15) is 5.75 Å². The fourth-order valence-electron chi connectivity index (χ4n) is 2.33. The van der Waals surface area contributed by atoms with Gasteiger partial charge in [-0.25, -0.2) is 13.2 Å². The summed E-state index contributed by atoms with van der Waals surface area (Å²) in [6.07, 6.45) is -5.97. The van der Waals surface area contributed by atoms with Crippen molar-refractivity contribution in [2.24, 2.45) is 0 Å². The van der Waals surface area contributed by atoms with Crippen molar-refractivity contribution >= 4 is 27.4 Å². The van der Waals surface area contributed by atoms with Crippen LogP contribution < -0.4 is 4.74 Å². The molecular weight excluding hydrogens is 421 g/mol. The number of alkyl halides is 3. The van der Waals surface area contributed by atoms with E-state index in [4.69, 9.17) is 21.4 Å². The van der Waals surface area contributed by atoms with Crippen LogP contribution in [0.15, 0.2) is 41.3 Å². The average molecular weight is 437 g/mol.